The Hall–Kier alpha value is -2.85. The minimum atomic E-state index is -4.19. The molecule has 7 nitrogen and oxygen atoms in total. The number of imide groups is 1. The number of amides is 3. The van der Waals surface area contributed by atoms with Crippen molar-refractivity contribution in [1.82, 2.24) is 14.5 Å². The number of halogens is 2. The lowest BCUT2D eigenvalue weighted by Gasteiger charge is -2.36. The monoisotopic (exact) mass is 435 g/mol. The van der Waals surface area contributed by atoms with Crippen LogP contribution in [0.3, 0.4) is 0 Å². The number of urea groups is 1. The second kappa shape index (κ2) is 7.44. The van der Waals surface area contributed by atoms with Gasteiger partial charge in [-0.25, -0.2) is 22.0 Å². The Balaban J connectivity index is 1.50. The van der Waals surface area contributed by atoms with E-state index in [-0.39, 0.29) is 32.5 Å². The van der Waals surface area contributed by atoms with Crippen molar-refractivity contribution in [2.45, 2.75) is 29.8 Å². The first kappa shape index (κ1) is 20.4. The average molecular weight is 435 g/mol. The van der Waals surface area contributed by atoms with E-state index in [1.165, 1.54) is 0 Å². The number of carbonyl (C=O) groups excluding carboxylic acids is 2. The number of sulfonamides is 1. The van der Waals surface area contributed by atoms with Crippen LogP contribution in [0.15, 0.2) is 53.4 Å². The van der Waals surface area contributed by atoms with Gasteiger partial charge in [-0.15, -0.1) is 0 Å². The van der Waals surface area contributed by atoms with Crippen LogP contribution in [0.4, 0.5) is 13.6 Å². The van der Waals surface area contributed by atoms with Gasteiger partial charge in [-0.1, -0.05) is 30.3 Å². The van der Waals surface area contributed by atoms with Crippen LogP contribution in [-0.4, -0.2) is 48.2 Å². The lowest BCUT2D eigenvalue weighted by molar-refractivity contribution is -0.133. The fraction of sp³-hybridized carbons (Fsp3) is 0.300. The minimum absolute atomic E-state index is 0.0604. The third-order valence-electron chi connectivity index (χ3n) is 5.52. The number of nitrogens with zero attached hydrogens (tertiary/aromatic N) is 2. The van der Waals surface area contributed by atoms with Crippen LogP contribution in [0, 0.1) is 11.6 Å². The average Bonchev–Trinajstić information content (AvgIpc) is 2.93. The smallest absolute Gasteiger partial charge is 0.323 e. The molecule has 2 heterocycles. The molecule has 10 heteroatoms. The molecular weight excluding hydrogens is 416 g/mol. The molecule has 1 N–H and O–H groups in total. The number of rotatable bonds is 4. The zero-order valence-electron chi connectivity index (χ0n) is 15.8. The van der Waals surface area contributed by atoms with Gasteiger partial charge in [0.15, 0.2) is 0 Å². The lowest BCUT2D eigenvalue weighted by atomic mass is 9.88. The number of piperidine rings is 1. The Morgan fingerprint density at radius 2 is 1.67 bits per heavy atom. The Labute approximate surface area is 172 Å². The van der Waals surface area contributed by atoms with Crippen molar-refractivity contribution in [2.75, 3.05) is 13.1 Å². The fourth-order valence-electron chi connectivity index (χ4n) is 3.86. The molecule has 0 atom stereocenters. The van der Waals surface area contributed by atoms with Crippen molar-refractivity contribution in [3.63, 3.8) is 0 Å². The van der Waals surface area contributed by atoms with Gasteiger partial charge >= 0.3 is 6.03 Å². The van der Waals surface area contributed by atoms with Gasteiger partial charge < -0.3 is 5.32 Å². The Morgan fingerprint density at radius 3 is 2.30 bits per heavy atom. The molecule has 0 radical (unpaired) electrons. The van der Waals surface area contributed by atoms with Crippen molar-refractivity contribution in [3.8, 4) is 0 Å². The van der Waals surface area contributed by atoms with E-state index >= 15 is 0 Å². The van der Waals surface area contributed by atoms with Crippen molar-refractivity contribution in [3.05, 3.63) is 65.7 Å². The first-order chi connectivity index (χ1) is 14.2. The van der Waals surface area contributed by atoms with Gasteiger partial charge in [0, 0.05) is 19.2 Å². The summed E-state index contributed by atoms with van der Waals surface area (Å²) in [6, 6.07) is 10.8. The Morgan fingerprint density at radius 1 is 1.00 bits per heavy atom. The van der Waals surface area contributed by atoms with E-state index in [0.717, 1.165) is 26.9 Å². The molecule has 2 aliphatic heterocycles. The van der Waals surface area contributed by atoms with Gasteiger partial charge in [0.2, 0.25) is 10.0 Å². The maximum atomic E-state index is 14.0. The summed E-state index contributed by atoms with van der Waals surface area (Å²) in [5.41, 5.74) is -0.385. The highest BCUT2D eigenvalue weighted by atomic mass is 32.2. The van der Waals surface area contributed by atoms with Crippen LogP contribution in [0.5, 0.6) is 0 Å². The maximum absolute atomic E-state index is 14.0. The third-order valence-corrected chi connectivity index (χ3v) is 7.45. The van der Waals surface area contributed by atoms with E-state index in [0.29, 0.717) is 6.07 Å². The van der Waals surface area contributed by atoms with Crippen molar-refractivity contribution in [1.29, 1.82) is 0 Å². The van der Waals surface area contributed by atoms with Crippen molar-refractivity contribution >= 4 is 22.0 Å². The van der Waals surface area contributed by atoms with Crippen LogP contribution in [0.1, 0.15) is 18.4 Å². The molecule has 2 aromatic rings. The molecular formula is C20H19F2N3O4S. The van der Waals surface area contributed by atoms with Gasteiger partial charge in [0.05, 0.1) is 6.54 Å². The fourth-order valence-corrected chi connectivity index (χ4v) is 5.34. The van der Waals surface area contributed by atoms with Crippen LogP contribution in [0.2, 0.25) is 0 Å². The summed E-state index contributed by atoms with van der Waals surface area (Å²) in [6.07, 6.45) is 0.121. The molecule has 0 unspecified atom stereocenters. The summed E-state index contributed by atoms with van der Waals surface area (Å²) in [6.45, 7) is -0.0370. The van der Waals surface area contributed by atoms with Gasteiger partial charge in [-0.2, -0.15) is 4.31 Å². The molecule has 1 spiro atoms. The molecule has 3 amide bonds. The number of hydrogen-bond donors (Lipinski definition) is 1. The predicted molar refractivity (Wildman–Crippen MR) is 103 cm³/mol. The highest BCUT2D eigenvalue weighted by molar-refractivity contribution is 7.89. The number of benzene rings is 2. The Kier molecular flexibility index (Phi) is 5.07. The van der Waals surface area contributed by atoms with Crippen LogP contribution < -0.4 is 5.32 Å². The summed E-state index contributed by atoms with van der Waals surface area (Å²) >= 11 is 0. The second-order valence-electron chi connectivity index (χ2n) is 7.37. The number of nitrogens with one attached hydrogen (secondary N) is 1. The first-order valence-electron chi connectivity index (χ1n) is 9.36. The van der Waals surface area contributed by atoms with E-state index in [1.807, 2.05) is 18.2 Å². The largest absolute Gasteiger partial charge is 0.325 e. The molecule has 4 rings (SSSR count). The first-order valence-corrected chi connectivity index (χ1v) is 10.8. The molecule has 2 fully saturated rings. The predicted octanol–water partition coefficient (Wildman–Crippen LogP) is 2.24. The molecule has 30 heavy (non-hydrogen) atoms. The molecule has 2 aromatic carbocycles. The SMILES string of the molecule is O=C1NC2(CCN(S(=O)(=O)c3ccc(F)cc3F)CC2)C(=O)N1Cc1ccccc1. The molecule has 0 bridgehead atoms. The third kappa shape index (κ3) is 3.46. The molecule has 0 saturated carbocycles. The standard InChI is InChI=1S/C20H19F2N3O4S/c21-15-6-7-17(16(22)12-15)30(28,29)24-10-8-20(9-11-24)18(26)25(19(27)23-20)13-14-4-2-1-3-5-14/h1-7,12H,8-11,13H2,(H,23,27). The Bertz CT molecular complexity index is 1100. The van der Waals surface area contributed by atoms with E-state index < -0.39 is 44.0 Å². The topological polar surface area (TPSA) is 86.8 Å². The van der Waals surface area contributed by atoms with Crippen LogP contribution >= 0.6 is 0 Å². The van der Waals surface area contributed by atoms with E-state index in [9.17, 15) is 26.8 Å². The van der Waals surface area contributed by atoms with Crippen molar-refractivity contribution in [2.24, 2.45) is 0 Å². The molecule has 2 aliphatic rings. The minimum Gasteiger partial charge on any atom is -0.323 e. The quantitative estimate of drug-likeness (QED) is 0.747. The van der Waals surface area contributed by atoms with Gasteiger partial charge in [0.1, 0.15) is 22.1 Å². The number of carbonyl (C=O) groups is 2. The summed E-state index contributed by atoms with van der Waals surface area (Å²) in [5, 5.41) is 2.71. The van der Waals surface area contributed by atoms with Crippen molar-refractivity contribution < 1.29 is 26.8 Å². The van der Waals surface area contributed by atoms with Gasteiger partial charge in [-0.05, 0) is 30.5 Å². The van der Waals surface area contributed by atoms with Crippen LogP contribution in [0.25, 0.3) is 0 Å². The van der Waals surface area contributed by atoms with E-state index in [4.69, 9.17) is 0 Å². The molecule has 0 aliphatic carbocycles. The normalized spacial score (nSPS) is 19.3. The summed E-state index contributed by atoms with van der Waals surface area (Å²) < 4.78 is 53.7. The summed E-state index contributed by atoms with van der Waals surface area (Å²) in [5.74, 6) is -2.45. The van der Waals surface area contributed by atoms with E-state index in [1.54, 1.807) is 12.1 Å². The lowest BCUT2D eigenvalue weighted by Crippen LogP contribution is -2.55. The molecule has 2 saturated heterocycles. The van der Waals surface area contributed by atoms with Gasteiger partial charge in [-0.3, -0.25) is 9.69 Å². The van der Waals surface area contributed by atoms with E-state index in [2.05, 4.69) is 5.32 Å². The highest BCUT2D eigenvalue weighted by Crippen LogP contribution is 2.33. The molecule has 158 valence electrons. The second-order valence-corrected chi connectivity index (χ2v) is 9.27. The van der Waals surface area contributed by atoms with Crippen LogP contribution in [-0.2, 0) is 21.4 Å². The highest BCUT2D eigenvalue weighted by Gasteiger charge is 2.53. The molecule has 0 aromatic heterocycles. The zero-order chi connectivity index (χ0) is 21.5. The maximum Gasteiger partial charge on any atom is 0.325 e. The van der Waals surface area contributed by atoms with Gasteiger partial charge in [0.25, 0.3) is 5.91 Å². The summed E-state index contributed by atoms with van der Waals surface area (Å²) in [4.78, 5) is 25.9. The summed E-state index contributed by atoms with van der Waals surface area (Å²) in [7, 11) is -4.19. The zero-order valence-corrected chi connectivity index (χ0v) is 16.7. The number of hydrogen-bond acceptors (Lipinski definition) is 4.